The van der Waals surface area contributed by atoms with Gasteiger partial charge in [0.05, 0.1) is 0 Å². The molecule has 4 nitrogen and oxygen atoms in total. The monoisotopic (exact) mass is 278 g/mol. The molecule has 0 aliphatic carbocycles. The summed E-state index contributed by atoms with van der Waals surface area (Å²) in [5.74, 6) is -0.814. The molecule has 2 N–H and O–H groups in total. The number of carbonyl (C=O) groups is 1. The van der Waals surface area contributed by atoms with Crippen molar-refractivity contribution < 1.29 is 9.90 Å². The van der Waals surface area contributed by atoms with E-state index in [0.29, 0.717) is 6.54 Å². The number of nitrogens with one attached hydrogen (secondary N) is 1. The van der Waals surface area contributed by atoms with Crippen LogP contribution in [0.2, 0.25) is 0 Å². The summed E-state index contributed by atoms with van der Waals surface area (Å²) >= 11 is 0. The van der Waals surface area contributed by atoms with E-state index in [0.717, 1.165) is 37.2 Å². The lowest BCUT2D eigenvalue weighted by atomic mass is 9.98. The largest absolute Gasteiger partial charge is 0.480 e. The normalized spacial score (nSPS) is 12.6. The number of aryl methyl sites for hydroxylation is 1. The maximum absolute atomic E-state index is 11.5. The molecule has 0 aliphatic heterocycles. The Morgan fingerprint density at radius 2 is 1.90 bits per heavy atom. The molecule has 0 bridgehead atoms. The van der Waals surface area contributed by atoms with Crippen LogP contribution in [0.4, 0.5) is 0 Å². The first-order valence-electron chi connectivity index (χ1n) is 7.40. The number of hydrogen-bond acceptors (Lipinski definition) is 3. The van der Waals surface area contributed by atoms with Crippen LogP contribution in [0.3, 0.4) is 0 Å². The summed E-state index contributed by atoms with van der Waals surface area (Å²) in [6.45, 7) is 9.80. The number of hydrogen-bond donors (Lipinski definition) is 2. The lowest BCUT2D eigenvalue weighted by molar-refractivity contribution is -0.139. The molecule has 4 heteroatoms. The van der Waals surface area contributed by atoms with Gasteiger partial charge in [-0.1, -0.05) is 45.0 Å². The Morgan fingerprint density at radius 3 is 2.45 bits per heavy atom. The van der Waals surface area contributed by atoms with E-state index in [1.54, 1.807) is 0 Å². The first kappa shape index (κ1) is 16.7. The van der Waals surface area contributed by atoms with Gasteiger partial charge >= 0.3 is 5.97 Å². The molecule has 0 amide bonds. The highest BCUT2D eigenvalue weighted by molar-refractivity contribution is 5.76. The van der Waals surface area contributed by atoms with E-state index >= 15 is 0 Å². The zero-order valence-electron chi connectivity index (χ0n) is 12.7. The molecule has 0 saturated heterocycles. The third-order valence-corrected chi connectivity index (χ3v) is 3.66. The van der Waals surface area contributed by atoms with Crippen LogP contribution in [0.5, 0.6) is 0 Å². The number of rotatable bonds is 9. The number of carboxylic acids is 1. The molecule has 1 atom stereocenters. The lowest BCUT2D eigenvalue weighted by Gasteiger charge is -2.21. The Balaban J connectivity index is 2.72. The fourth-order valence-electron chi connectivity index (χ4n) is 2.37. The predicted octanol–water partition coefficient (Wildman–Crippen LogP) is 2.31. The molecular weight excluding hydrogens is 252 g/mol. The number of benzene rings is 1. The Morgan fingerprint density at radius 1 is 1.25 bits per heavy atom. The molecule has 0 aromatic heterocycles. The average molecular weight is 278 g/mol. The second-order valence-corrected chi connectivity index (χ2v) is 4.80. The number of aliphatic carboxylic acids is 1. The summed E-state index contributed by atoms with van der Waals surface area (Å²) in [7, 11) is 0. The molecule has 0 heterocycles. The van der Waals surface area contributed by atoms with Crippen LogP contribution in [-0.4, -0.2) is 42.2 Å². The van der Waals surface area contributed by atoms with Crippen LogP contribution in [0.25, 0.3) is 0 Å². The van der Waals surface area contributed by atoms with Crippen LogP contribution >= 0.6 is 0 Å². The van der Waals surface area contributed by atoms with Crippen molar-refractivity contribution in [2.75, 3.05) is 26.2 Å². The topological polar surface area (TPSA) is 52.6 Å². The summed E-state index contributed by atoms with van der Waals surface area (Å²) in [5, 5.41) is 12.6. The predicted molar refractivity (Wildman–Crippen MR) is 82.0 cm³/mol. The Bertz CT molecular complexity index is 417. The molecule has 0 aliphatic rings. The second kappa shape index (κ2) is 8.72. The first-order chi connectivity index (χ1) is 9.63. The van der Waals surface area contributed by atoms with Crippen molar-refractivity contribution in [3.8, 4) is 0 Å². The van der Waals surface area contributed by atoms with Gasteiger partial charge < -0.3 is 10.0 Å². The van der Waals surface area contributed by atoms with Gasteiger partial charge in [-0.2, -0.15) is 0 Å². The highest BCUT2D eigenvalue weighted by Gasteiger charge is 2.21. The van der Waals surface area contributed by atoms with Crippen molar-refractivity contribution in [1.29, 1.82) is 0 Å². The van der Waals surface area contributed by atoms with Crippen LogP contribution < -0.4 is 5.32 Å². The number of carboxylic acid groups (broad SMARTS) is 1. The fourth-order valence-corrected chi connectivity index (χ4v) is 2.37. The maximum atomic E-state index is 11.5. The molecular formula is C16H26N2O2. The van der Waals surface area contributed by atoms with Gasteiger partial charge in [-0.3, -0.25) is 10.1 Å². The summed E-state index contributed by atoms with van der Waals surface area (Å²) in [6.07, 6.45) is 0.845. The number of likely N-dealkylation sites (N-methyl/N-ethyl adjacent to an activating group) is 1. The SMILES string of the molecule is CCc1ccccc1C(NCCN(CC)CC)C(=O)O. The van der Waals surface area contributed by atoms with Crippen molar-refractivity contribution in [2.45, 2.75) is 33.2 Å². The second-order valence-electron chi connectivity index (χ2n) is 4.80. The highest BCUT2D eigenvalue weighted by Crippen LogP contribution is 2.18. The first-order valence-corrected chi connectivity index (χ1v) is 7.40. The molecule has 0 spiro atoms. The lowest BCUT2D eigenvalue weighted by Crippen LogP contribution is -2.36. The quantitative estimate of drug-likeness (QED) is 0.728. The van der Waals surface area contributed by atoms with Crippen LogP contribution in [-0.2, 0) is 11.2 Å². The molecule has 0 fully saturated rings. The smallest absolute Gasteiger partial charge is 0.325 e. The van der Waals surface area contributed by atoms with Gasteiger partial charge in [0.1, 0.15) is 6.04 Å². The van der Waals surface area contributed by atoms with Crippen LogP contribution in [0.1, 0.15) is 37.9 Å². The molecule has 1 unspecified atom stereocenters. The Labute approximate surface area is 121 Å². The van der Waals surface area contributed by atoms with E-state index in [-0.39, 0.29) is 0 Å². The van der Waals surface area contributed by atoms with Crippen LogP contribution in [0.15, 0.2) is 24.3 Å². The molecule has 0 saturated carbocycles. The summed E-state index contributed by atoms with van der Waals surface area (Å²) in [5.41, 5.74) is 1.97. The molecule has 20 heavy (non-hydrogen) atoms. The van der Waals surface area contributed by atoms with E-state index < -0.39 is 12.0 Å². The van der Waals surface area contributed by atoms with Crippen molar-refractivity contribution in [2.24, 2.45) is 0 Å². The molecule has 1 rings (SSSR count). The van der Waals surface area contributed by atoms with Gasteiger partial charge in [0.2, 0.25) is 0 Å². The van der Waals surface area contributed by atoms with Crippen molar-refractivity contribution in [1.82, 2.24) is 10.2 Å². The summed E-state index contributed by atoms with van der Waals surface area (Å²) in [4.78, 5) is 13.8. The third-order valence-electron chi connectivity index (χ3n) is 3.66. The average Bonchev–Trinajstić information content (AvgIpc) is 2.47. The van der Waals surface area contributed by atoms with Crippen molar-refractivity contribution in [3.63, 3.8) is 0 Å². The molecule has 1 aromatic carbocycles. The van der Waals surface area contributed by atoms with E-state index in [1.807, 2.05) is 31.2 Å². The molecule has 0 radical (unpaired) electrons. The highest BCUT2D eigenvalue weighted by atomic mass is 16.4. The molecule has 1 aromatic rings. The molecule has 112 valence electrons. The maximum Gasteiger partial charge on any atom is 0.325 e. The van der Waals surface area contributed by atoms with E-state index in [2.05, 4.69) is 24.1 Å². The van der Waals surface area contributed by atoms with Gasteiger partial charge in [-0.05, 0) is 30.6 Å². The van der Waals surface area contributed by atoms with E-state index in [4.69, 9.17) is 0 Å². The Kier molecular flexibility index (Phi) is 7.26. The van der Waals surface area contributed by atoms with Crippen LogP contribution in [0, 0.1) is 0 Å². The summed E-state index contributed by atoms with van der Waals surface area (Å²) in [6, 6.07) is 7.13. The van der Waals surface area contributed by atoms with E-state index in [9.17, 15) is 9.90 Å². The zero-order valence-corrected chi connectivity index (χ0v) is 12.7. The van der Waals surface area contributed by atoms with Crippen molar-refractivity contribution in [3.05, 3.63) is 35.4 Å². The Hall–Kier alpha value is -1.39. The van der Waals surface area contributed by atoms with Crippen molar-refractivity contribution >= 4 is 5.97 Å². The van der Waals surface area contributed by atoms with Gasteiger partial charge in [-0.25, -0.2) is 0 Å². The van der Waals surface area contributed by atoms with Gasteiger partial charge in [-0.15, -0.1) is 0 Å². The van der Waals surface area contributed by atoms with Gasteiger partial charge in [0, 0.05) is 13.1 Å². The third kappa shape index (κ3) is 4.62. The van der Waals surface area contributed by atoms with E-state index in [1.165, 1.54) is 0 Å². The minimum absolute atomic E-state index is 0.623. The number of nitrogens with zero attached hydrogens (tertiary/aromatic N) is 1. The van der Waals surface area contributed by atoms with Gasteiger partial charge in [0.15, 0.2) is 0 Å². The minimum Gasteiger partial charge on any atom is -0.480 e. The summed E-state index contributed by atoms with van der Waals surface area (Å²) < 4.78 is 0. The fraction of sp³-hybridized carbons (Fsp3) is 0.562. The zero-order chi connectivity index (χ0) is 15.0. The standard InChI is InChI=1S/C16H26N2O2/c1-4-13-9-7-8-10-14(13)15(16(19)20)17-11-12-18(5-2)6-3/h7-10,15,17H,4-6,11-12H2,1-3H3,(H,19,20). The minimum atomic E-state index is -0.814. The van der Waals surface area contributed by atoms with Gasteiger partial charge in [0.25, 0.3) is 0 Å².